The monoisotopic (exact) mass is 131 g/mol. The second-order valence-corrected chi connectivity index (χ2v) is 1.78. The van der Waals surface area contributed by atoms with E-state index < -0.39 is 4.92 Å². The van der Waals surface area contributed by atoms with Crippen LogP contribution in [0.3, 0.4) is 0 Å². The van der Waals surface area contributed by atoms with E-state index in [1.807, 2.05) is 0 Å². The van der Waals surface area contributed by atoms with Gasteiger partial charge in [-0.05, 0) is 0 Å². The minimum Gasteiger partial charge on any atom is -0.257 e. The summed E-state index contributed by atoms with van der Waals surface area (Å²) in [5.41, 5.74) is 0. The van der Waals surface area contributed by atoms with Crippen LogP contribution in [0.1, 0.15) is 0 Å². The standard InChI is InChI=1S/C2HN3O2S/c6-5(7)2-1-3-4-8-2/h1H. The second kappa shape index (κ2) is 1.83. The molecule has 0 radical (unpaired) electrons. The first-order valence-electron chi connectivity index (χ1n) is 1.72. The van der Waals surface area contributed by atoms with Crippen LogP contribution in [-0.2, 0) is 0 Å². The smallest absolute Gasteiger partial charge is 0.257 e. The third-order valence-electron chi connectivity index (χ3n) is 0.530. The molecular formula is C2HN3O2S. The maximum atomic E-state index is 9.80. The molecule has 0 aromatic carbocycles. The van der Waals surface area contributed by atoms with Gasteiger partial charge in [-0.25, -0.2) is 0 Å². The Kier molecular flexibility index (Phi) is 1.17. The molecule has 1 aromatic rings. The Morgan fingerprint density at radius 3 is 2.88 bits per heavy atom. The maximum absolute atomic E-state index is 9.80. The third kappa shape index (κ3) is 0.784. The molecule has 1 heterocycles. The van der Waals surface area contributed by atoms with Gasteiger partial charge in [0.2, 0.25) is 0 Å². The highest BCUT2D eigenvalue weighted by molar-refractivity contribution is 7.08. The largest absolute Gasteiger partial charge is 0.363 e. The van der Waals surface area contributed by atoms with Crippen molar-refractivity contribution < 1.29 is 4.92 Å². The average molecular weight is 131 g/mol. The molecule has 5 nitrogen and oxygen atoms in total. The van der Waals surface area contributed by atoms with E-state index in [-0.39, 0.29) is 5.00 Å². The molecule has 1 rings (SSSR count). The van der Waals surface area contributed by atoms with E-state index >= 15 is 0 Å². The fourth-order valence-electron chi connectivity index (χ4n) is 0.242. The Bertz CT molecular complexity index is 183. The number of hydrogen-bond donors (Lipinski definition) is 0. The second-order valence-electron chi connectivity index (χ2n) is 1.01. The summed E-state index contributed by atoms with van der Waals surface area (Å²) in [5, 5.41) is 13.0. The van der Waals surface area contributed by atoms with Gasteiger partial charge in [0.25, 0.3) is 0 Å². The number of hydrogen-bond acceptors (Lipinski definition) is 5. The van der Waals surface area contributed by atoms with Gasteiger partial charge in [0.1, 0.15) is 6.20 Å². The molecule has 0 N–H and O–H groups in total. The van der Waals surface area contributed by atoms with Gasteiger partial charge >= 0.3 is 5.00 Å². The van der Waals surface area contributed by atoms with E-state index in [1.165, 1.54) is 0 Å². The van der Waals surface area contributed by atoms with Crippen LogP contribution in [-0.4, -0.2) is 14.5 Å². The lowest BCUT2D eigenvalue weighted by Crippen LogP contribution is -1.80. The molecule has 0 aliphatic carbocycles. The molecule has 0 spiro atoms. The highest BCUT2D eigenvalue weighted by atomic mass is 32.1. The fraction of sp³-hybridized carbons (Fsp3) is 0. The van der Waals surface area contributed by atoms with Gasteiger partial charge in [-0.3, -0.25) is 10.1 Å². The minimum atomic E-state index is -0.523. The van der Waals surface area contributed by atoms with Crippen molar-refractivity contribution in [2.45, 2.75) is 0 Å². The predicted molar refractivity (Wildman–Crippen MR) is 26.6 cm³/mol. The zero-order chi connectivity index (χ0) is 5.98. The van der Waals surface area contributed by atoms with Gasteiger partial charge in [-0.15, -0.1) is 5.10 Å². The van der Waals surface area contributed by atoms with Gasteiger partial charge in [0.15, 0.2) is 0 Å². The summed E-state index contributed by atoms with van der Waals surface area (Å²) in [7, 11) is 0. The van der Waals surface area contributed by atoms with Crippen LogP contribution in [0.2, 0.25) is 0 Å². The van der Waals surface area contributed by atoms with Crippen LogP contribution in [0.25, 0.3) is 0 Å². The van der Waals surface area contributed by atoms with E-state index in [0.29, 0.717) is 0 Å². The van der Waals surface area contributed by atoms with Crippen molar-refractivity contribution in [1.82, 2.24) is 9.59 Å². The molecule has 42 valence electrons. The van der Waals surface area contributed by atoms with Gasteiger partial charge in [0, 0.05) is 0 Å². The van der Waals surface area contributed by atoms with Crippen LogP contribution >= 0.6 is 11.5 Å². The molecule has 0 atom stereocenters. The lowest BCUT2D eigenvalue weighted by molar-refractivity contribution is -0.380. The molecule has 1 aromatic heterocycles. The Labute approximate surface area is 48.3 Å². The van der Waals surface area contributed by atoms with Crippen molar-refractivity contribution in [1.29, 1.82) is 0 Å². The first-order chi connectivity index (χ1) is 3.80. The Hall–Kier alpha value is -1.04. The first kappa shape index (κ1) is 5.10. The van der Waals surface area contributed by atoms with Gasteiger partial charge in [-0.2, -0.15) is 0 Å². The average Bonchev–Trinajstić information content (AvgIpc) is 2.12. The van der Waals surface area contributed by atoms with Crippen LogP contribution in [0.5, 0.6) is 0 Å². The molecule has 8 heavy (non-hydrogen) atoms. The number of nitro groups is 1. The van der Waals surface area contributed by atoms with Crippen molar-refractivity contribution in [3.05, 3.63) is 16.3 Å². The Morgan fingerprint density at radius 1 is 1.88 bits per heavy atom. The van der Waals surface area contributed by atoms with Gasteiger partial charge in [0.05, 0.1) is 16.5 Å². The highest BCUT2D eigenvalue weighted by Crippen LogP contribution is 2.11. The summed E-state index contributed by atoms with van der Waals surface area (Å²) in [6.45, 7) is 0. The fourth-order valence-corrected chi connectivity index (χ4v) is 0.581. The topological polar surface area (TPSA) is 68.9 Å². The summed E-state index contributed by atoms with van der Waals surface area (Å²) in [6.07, 6.45) is 1.12. The molecule has 0 aliphatic heterocycles. The zero-order valence-corrected chi connectivity index (χ0v) is 4.46. The van der Waals surface area contributed by atoms with Crippen LogP contribution in [0, 0.1) is 10.1 Å². The molecule has 0 bridgehead atoms. The molecule has 0 aliphatic rings. The van der Waals surface area contributed by atoms with Crippen molar-refractivity contribution in [3.63, 3.8) is 0 Å². The Morgan fingerprint density at radius 2 is 2.62 bits per heavy atom. The first-order valence-corrected chi connectivity index (χ1v) is 2.50. The lowest BCUT2D eigenvalue weighted by atomic mass is 10.9. The summed E-state index contributed by atoms with van der Waals surface area (Å²) in [5.74, 6) is 0. The predicted octanol–water partition coefficient (Wildman–Crippen LogP) is 0.446. The van der Waals surface area contributed by atoms with Crippen molar-refractivity contribution in [2.24, 2.45) is 0 Å². The normalized spacial score (nSPS) is 9.00. The number of nitrogens with zero attached hydrogens (tertiary/aromatic N) is 3. The van der Waals surface area contributed by atoms with Crippen LogP contribution < -0.4 is 0 Å². The van der Waals surface area contributed by atoms with Gasteiger partial charge < -0.3 is 0 Å². The molecule has 6 heteroatoms. The maximum Gasteiger partial charge on any atom is 0.363 e. The summed E-state index contributed by atoms with van der Waals surface area (Å²) < 4.78 is 3.29. The van der Waals surface area contributed by atoms with Crippen LogP contribution in [0.15, 0.2) is 6.20 Å². The zero-order valence-electron chi connectivity index (χ0n) is 3.64. The summed E-state index contributed by atoms with van der Waals surface area (Å²) in [4.78, 5) is 9.27. The third-order valence-corrected chi connectivity index (χ3v) is 1.15. The molecular weight excluding hydrogens is 130 g/mol. The quantitative estimate of drug-likeness (QED) is 0.409. The van der Waals surface area contributed by atoms with Crippen molar-refractivity contribution >= 4 is 16.5 Å². The van der Waals surface area contributed by atoms with E-state index in [4.69, 9.17) is 0 Å². The van der Waals surface area contributed by atoms with E-state index in [9.17, 15) is 10.1 Å². The van der Waals surface area contributed by atoms with E-state index in [1.54, 1.807) is 0 Å². The minimum absolute atomic E-state index is 0.0231. The van der Waals surface area contributed by atoms with E-state index in [0.717, 1.165) is 17.7 Å². The Balaban J connectivity index is 2.93. The van der Waals surface area contributed by atoms with Crippen molar-refractivity contribution in [2.75, 3.05) is 0 Å². The van der Waals surface area contributed by atoms with E-state index in [2.05, 4.69) is 9.59 Å². The van der Waals surface area contributed by atoms with Crippen molar-refractivity contribution in [3.8, 4) is 0 Å². The van der Waals surface area contributed by atoms with Crippen LogP contribution in [0.4, 0.5) is 5.00 Å². The molecule has 0 saturated carbocycles. The molecule has 0 saturated heterocycles. The lowest BCUT2D eigenvalue weighted by Gasteiger charge is -1.74. The highest BCUT2D eigenvalue weighted by Gasteiger charge is 2.05. The molecule has 0 amide bonds. The van der Waals surface area contributed by atoms with Gasteiger partial charge in [-0.1, -0.05) is 4.49 Å². The number of aromatic nitrogens is 2. The molecule has 0 fully saturated rings. The SMILES string of the molecule is O=[N+]([O-])c1cnns1. The number of rotatable bonds is 1. The summed E-state index contributed by atoms with van der Waals surface area (Å²) >= 11 is 0.771. The summed E-state index contributed by atoms with van der Waals surface area (Å²) in [6, 6.07) is 0. The molecule has 0 unspecified atom stereocenters.